The summed E-state index contributed by atoms with van der Waals surface area (Å²) in [6.07, 6.45) is 2.43. The largest absolute Gasteiger partial charge is 0.0651 e. The molecule has 0 aliphatic carbocycles. The zero-order chi connectivity index (χ0) is 13.0. The summed E-state index contributed by atoms with van der Waals surface area (Å²) >= 11 is 0. The second-order valence-corrected chi connectivity index (χ2v) is 5.28. The first kappa shape index (κ1) is 12.9. The Kier molecular flexibility index (Phi) is 4.19. The summed E-state index contributed by atoms with van der Waals surface area (Å²) < 4.78 is 0. The van der Waals surface area contributed by atoms with Gasteiger partial charge < -0.3 is 0 Å². The van der Waals surface area contributed by atoms with E-state index in [1.165, 1.54) is 35.1 Å². The fourth-order valence-electron chi connectivity index (χ4n) is 2.13. The molecule has 0 spiro atoms. The number of hydrogen-bond donors (Lipinski definition) is 0. The molecule has 0 aromatic heterocycles. The van der Waals surface area contributed by atoms with E-state index in [4.69, 9.17) is 0 Å². The first-order valence-corrected chi connectivity index (χ1v) is 6.85. The fraction of sp³-hybridized carbons (Fsp3) is 0.333. The van der Waals surface area contributed by atoms with Crippen molar-refractivity contribution in [2.45, 2.75) is 33.6 Å². The van der Waals surface area contributed by atoms with E-state index in [2.05, 4.69) is 69.3 Å². The molecule has 94 valence electrons. The van der Waals surface area contributed by atoms with Crippen molar-refractivity contribution in [3.05, 3.63) is 59.7 Å². The van der Waals surface area contributed by atoms with Crippen molar-refractivity contribution >= 4 is 0 Å². The maximum absolute atomic E-state index is 2.31. The second-order valence-electron chi connectivity index (χ2n) is 5.28. The SMILES string of the molecule is CCC(C)Cc1ccc(-c2ccc(C)cc2)cc1. The molecule has 2 rings (SSSR count). The van der Waals surface area contributed by atoms with Crippen molar-refractivity contribution in [3.63, 3.8) is 0 Å². The maximum atomic E-state index is 2.31. The summed E-state index contributed by atoms with van der Waals surface area (Å²) in [4.78, 5) is 0. The predicted octanol–water partition coefficient (Wildman–Crippen LogP) is 5.25. The molecule has 1 atom stereocenters. The van der Waals surface area contributed by atoms with Crippen LogP contribution in [-0.2, 0) is 6.42 Å². The van der Waals surface area contributed by atoms with Crippen LogP contribution in [0.25, 0.3) is 11.1 Å². The molecule has 18 heavy (non-hydrogen) atoms. The van der Waals surface area contributed by atoms with Gasteiger partial charge in [0.25, 0.3) is 0 Å². The topological polar surface area (TPSA) is 0 Å². The van der Waals surface area contributed by atoms with Crippen LogP contribution in [0.15, 0.2) is 48.5 Å². The monoisotopic (exact) mass is 238 g/mol. The van der Waals surface area contributed by atoms with Crippen LogP contribution in [0.5, 0.6) is 0 Å². The molecule has 0 heterocycles. The smallest absolute Gasteiger partial charge is 0.0184 e. The van der Waals surface area contributed by atoms with E-state index in [1.54, 1.807) is 0 Å². The summed E-state index contributed by atoms with van der Waals surface area (Å²) in [5, 5.41) is 0. The van der Waals surface area contributed by atoms with Gasteiger partial charge in [-0.1, -0.05) is 74.4 Å². The van der Waals surface area contributed by atoms with Gasteiger partial charge in [0.15, 0.2) is 0 Å². The summed E-state index contributed by atoms with van der Waals surface area (Å²) in [7, 11) is 0. The average Bonchev–Trinajstić information content (AvgIpc) is 2.40. The normalized spacial score (nSPS) is 12.4. The van der Waals surface area contributed by atoms with Crippen LogP contribution in [-0.4, -0.2) is 0 Å². The Morgan fingerprint density at radius 3 is 1.83 bits per heavy atom. The molecule has 0 aliphatic rings. The molecule has 0 aliphatic heterocycles. The number of aryl methyl sites for hydroxylation is 1. The standard InChI is InChI=1S/C18H22/c1-4-14(2)13-16-7-11-18(12-8-16)17-9-5-15(3)6-10-17/h5-12,14H,4,13H2,1-3H3. The lowest BCUT2D eigenvalue weighted by Crippen LogP contribution is -1.97. The van der Waals surface area contributed by atoms with Crippen LogP contribution in [0.3, 0.4) is 0 Å². The van der Waals surface area contributed by atoms with E-state index in [-0.39, 0.29) is 0 Å². The molecule has 2 aromatic carbocycles. The molecule has 2 aromatic rings. The Morgan fingerprint density at radius 2 is 1.33 bits per heavy atom. The van der Waals surface area contributed by atoms with E-state index in [9.17, 15) is 0 Å². The fourth-order valence-corrected chi connectivity index (χ4v) is 2.13. The van der Waals surface area contributed by atoms with Crippen LogP contribution >= 0.6 is 0 Å². The lowest BCUT2D eigenvalue weighted by Gasteiger charge is -2.09. The second kappa shape index (κ2) is 5.86. The highest BCUT2D eigenvalue weighted by atomic mass is 14.1. The molecule has 0 bridgehead atoms. The number of hydrogen-bond acceptors (Lipinski definition) is 0. The molecule has 0 radical (unpaired) electrons. The van der Waals surface area contributed by atoms with Gasteiger partial charge in [0.2, 0.25) is 0 Å². The van der Waals surface area contributed by atoms with Gasteiger partial charge in [0.05, 0.1) is 0 Å². The molecule has 0 nitrogen and oxygen atoms in total. The molecule has 0 amide bonds. The van der Waals surface area contributed by atoms with Gasteiger partial charge in [-0.2, -0.15) is 0 Å². The summed E-state index contributed by atoms with van der Waals surface area (Å²) in [5.41, 5.74) is 5.37. The van der Waals surface area contributed by atoms with Gasteiger partial charge >= 0.3 is 0 Å². The van der Waals surface area contributed by atoms with Crippen LogP contribution in [0.1, 0.15) is 31.4 Å². The predicted molar refractivity (Wildman–Crippen MR) is 79.8 cm³/mol. The molecule has 0 saturated heterocycles. The molecule has 0 fully saturated rings. The molecule has 0 saturated carbocycles. The molecular formula is C18H22. The van der Waals surface area contributed by atoms with E-state index in [0.29, 0.717) is 0 Å². The van der Waals surface area contributed by atoms with Crippen molar-refractivity contribution in [1.82, 2.24) is 0 Å². The lowest BCUT2D eigenvalue weighted by molar-refractivity contribution is 0.560. The van der Waals surface area contributed by atoms with Crippen molar-refractivity contribution in [3.8, 4) is 11.1 Å². The van der Waals surface area contributed by atoms with E-state index >= 15 is 0 Å². The van der Waals surface area contributed by atoms with E-state index in [0.717, 1.165) is 5.92 Å². The maximum Gasteiger partial charge on any atom is -0.0184 e. The van der Waals surface area contributed by atoms with Gasteiger partial charge in [0, 0.05) is 0 Å². The Balaban J connectivity index is 2.14. The van der Waals surface area contributed by atoms with Gasteiger partial charge in [-0.15, -0.1) is 0 Å². The summed E-state index contributed by atoms with van der Waals surface area (Å²) in [6, 6.07) is 17.7. The highest BCUT2D eigenvalue weighted by molar-refractivity contribution is 5.63. The minimum atomic E-state index is 0.773. The molecule has 1 unspecified atom stereocenters. The highest BCUT2D eigenvalue weighted by Gasteiger charge is 2.02. The van der Waals surface area contributed by atoms with Crippen LogP contribution < -0.4 is 0 Å². The van der Waals surface area contributed by atoms with Gasteiger partial charge in [-0.25, -0.2) is 0 Å². The van der Waals surface area contributed by atoms with Crippen molar-refractivity contribution in [1.29, 1.82) is 0 Å². The minimum Gasteiger partial charge on any atom is -0.0651 e. The third-order valence-corrected chi connectivity index (χ3v) is 3.62. The quantitative estimate of drug-likeness (QED) is 0.682. The first-order valence-electron chi connectivity index (χ1n) is 6.85. The van der Waals surface area contributed by atoms with Crippen molar-refractivity contribution < 1.29 is 0 Å². The Labute approximate surface area is 111 Å². The molecule has 0 heteroatoms. The van der Waals surface area contributed by atoms with Gasteiger partial charge in [-0.05, 0) is 36.0 Å². The summed E-state index contributed by atoms with van der Waals surface area (Å²) in [5.74, 6) is 0.773. The van der Waals surface area contributed by atoms with Gasteiger partial charge in [-0.3, -0.25) is 0 Å². The summed E-state index contributed by atoms with van der Waals surface area (Å²) in [6.45, 7) is 6.69. The Bertz CT molecular complexity index is 476. The minimum absolute atomic E-state index is 0.773. The molecule has 0 N–H and O–H groups in total. The zero-order valence-corrected chi connectivity index (χ0v) is 11.6. The zero-order valence-electron chi connectivity index (χ0n) is 11.6. The average molecular weight is 238 g/mol. The lowest BCUT2D eigenvalue weighted by atomic mass is 9.96. The van der Waals surface area contributed by atoms with E-state index in [1.807, 2.05) is 0 Å². The third-order valence-electron chi connectivity index (χ3n) is 3.62. The highest BCUT2D eigenvalue weighted by Crippen LogP contribution is 2.21. The van der Waals surface area contributed by atoms with Gasteiger partial charge in [0.1, 0.15) is 0 Å². The van der Waals surface area contributed by atoms with Crippen molar-refractivity contribution in [2.75, 3.05) is 0 Å². The van der Waals surface area contributed by atoms with Crippen LogP contribution in [0, 0.1) is 12.8 Å². The van der Waals surface area contributed by atoms with Crippen molar-refractivity contribution in [2.24, 2.45) is 5.92 Å². The molecular weight excluding hydrogens is 216 g/mol. The Morgan fingerprint density at radius 1 is 0.833 bits per heavy atom. The van der Waals surface area contributed by atoms with Crippen LogP contribution in [0.4, 0.5) is 0 Å². The Hall–Kier alpha value is -1.56. The third kappa shape index (κ3) is 3.22. The number of rotatable bonds is 4. The number of benzene rings is 2. The van der Waals surface area contributed by atoms with E-state index < -0.39 is 0 Å². The first-order chi connectivity index (χ1) is 8.69. The van der Waals surface area contributed by atoms with Crippen LogP contribution in [0.2, 0.25) is 0 Å².